The molecule has 0 bridgehead atoms. The Bertz CT molecular complexity index is 358. The van der Waals surface area contributed by atoms with E-state index in [1.165, 1.54) is 4.90 Å². The fourth-order valence-corrected chi connectivity index (χ4v) is 1.42. The van der Waals surface area contributed by atoms with E-state index in [1.807, 2.05) is 6.07 Å². The molecule has 0 spiro atoms. The van der Waals surface area contributed by atoms with Gasteiger partial charge in [-0.3, -0.25) is 14.5 Å². The number of imide groups is 1. The number of nitrogens with zero attached hydrogens (tertiary/aromatic N) is 3. The van der Waals surface area contributed by atoms with Crippen molar-refractivity contribution in [3.63, 3.8) is 0 Å². The van der Waals surface area contributed by atoms with E-state index < -0.39 is 6.03 Å². The molecule has 1 N–H and O–H groups in total. The van der Waals surface area contributed by atoms with E-state index in [9.17, 15) is 14.4 Å². The first-order chi connectivity index (χ1) is 8.06. The number of urea groups is 1. The lowest BCUT2D eigenvalue weighted by Crippen LogP contribution is -2.36. The van der Waals surface area contributed by atoms with Crippen molar-refractivity contribution in [2.45, 2.75) is 12.8 Å². The number of nitriles is 1. The van der Waals surface area contributed by atoms with E-state index in [4.69, 9.17) is 5.26 Å². The highest BCUT2D eigenvalue weighted by atomic mass is 16.2. The third-order valence-corrected chi connectivity index (χ3v) is 2.47. The van der Waals surface area contributed by atoms with Gasteiger partial charge in [0.05, 0.1) is 19.0 Å². The van der Waals surface area contributed by atoms with Crippen molar-refractivity contribution in [1.29, 1.82) is 5.26 Å². The number of hydrogen-bond donors (Lipinski definition) is 1. The number of rotatable bonds is 5. The second-order valence-corrected chi connectivity index (χ2v) is 3.68. The second-order valence-electron chi connectivity index (χ2n) is 3.68. The smallest absolute Gasteiger partial charge is 0.324 e. The molecule has 0 aliphatic carbocycles. The van der Waals surface area contributed by atoms with Crippen molar-refractivity contribution >= 4 is 17.8 Å². The molecule has 0 atom stereocenters. The summed E-state index contributed by atoms with van der Waals surface area (Å²) in [5.41, 5.74) is 0. The summed E-state index contributed by atoms with van der Waals surface area (Å²) in [7, 11) is 1.59. The van der Waals surface area contributed by atoms with Crippen LogP contribution in [0.1, 0.15) is 12.8 Å². The molecular formula is C10H14N4O3. The van der Waals surface area contributed by atoms with Gasteiger partial charge in [0.15, 0.2) is 0 Å². The molecule has 1 aliphatic heterocycles. The van der Waals surface area contributed by atoms with Crippen molar-refractivity contribution < 1.29 is 14.4 Å². The van der Waals surface area contributed by atoms with E-state index in [1.54, 1.807) is 7.05 Å². The van der Waals surface area contributed by atoms with Gasteiger partial charge in [0.25, 0.3) is 0 Å². The molecule has 7 nitrogen and oxygen atoms in total. The molecule has 17 heavy (non-hydrogen) atoms. The van der Waals surface area contributed by atoms with Crippen molar-refractivity contribution in [2.75, 3.05) is 26.7 Å². The molecule has 4 amide bonds. The van der Waals surface area contributed by atoms with Crippen LogP contribution in [-0.4, -0.2) is 54.3 Å². The largest absolute Gasteiger partial charge is 0.345 e. The van der Waals surface area contributed by atoms with Crippen LogP contribution < -0.4 is 5.32 Å². The van der Waals surface area contributed by atoms with E-state index in [-0.39, 0.29) is 37.7 Å². The summed E-state index contributed by atoms with van der Waals surface area (Å²) in [6.07, 6.45) is 0.354. The van der Waals surface area contributed by atoms with Gasteiger partial charge >= 0.3 is 6.03 Å². The molecule has 0 aromatic heterocycles. The lowest BCUT2D eigenvalue weighted by molar-refractivity contribution is -0.130. The van der Waals surface area contributed by atoms with Crippen LogP contribution in [0.5, 0.6) is 0 Å². The SMILES string of the molecule is CN(CCC#N)C(=O)CCN1C(=O)CNC1=O. The molecule has 1 heterocycles. The van der Waals surface area contributed by atoms with Gasteiger partial charge in [-0.2, -0.15) is 5.26 Å². The zero-order valence-corrected chi connectivity index (χ0v) is 9.60. The standard InChI is InChI=1S/C10H14N4O3/c1-13(5-2-4-11)8(15)3-6-14-9(16)7-12-10(14)17/h2-3,5-7H2,1H3,(H,12,17). The molecule has 1 fully saturated rings. The molecule has 0 unspecified atom stereocenters. The van der Waals surface area contributed by atoms with Crippen LogP contribution in [0.2, 0.25) is 0 Å². The van der Waals surface area contributed by atoms with Crippen molar-refractivity contribution in [2.24, 2.45) is 0 Å². The molecule has 0 aromatic rings. The van der Waals surface area contributed by atoms with Gasteiger partial charge in [0.1, 0.15) is 0 Å². The Morgan fingerprint density at radius 3 is 2.82 bits per heavy atom. The van der Waals surface area contributed by atoms with Crippen LogP contribution in [0.15, 0.2) is 0 Å². The molecule has 0 saturated carbocycles. The summed E-state index contributed by atoms with van der Waals surface area (Å²) in [5, 5.41) is 10.8. The van der Waals surface area contributed by atoms with Crippen LogP contribution in [0.25, 0.3) is 0 Å². The van der Waals surface area contributed by atoms with Crippen LogP contribution in [0.3, 0.4) is 0 Å². The second kappa shape index (κ2) is 5.84. The quantitative estimate of drug-likeness (QED) is 0.641. The summed E-state index contributed by atoms with van der Waals surface area (Å²) >= 11 is 0. The average molecular weight is 238 g/mol. The molecule has 1 rings (SSSR count). The fourth-order valence-electron chi connectivity index (χ4n) is 1.42. The first kappa shape index (κ1) is 13.0. The third kappa shape index (κ3) is 3.45. The van der Waals surface area contributed by atoms with Crippen LogP contribution in [0, 0.1) is 11.3 Å². The van der Waals surface area contributed by atoms with Gasteiger partial charge in [0.2, 0.25) is 11.8 Å². The molecule has 1 saturated heterocycles. The van der Waals surface area contributed by atoms with Crippen LogP contribution >= 0.6 is 0 Å². The number of amides is 4. The molecule has 1 aliphatic rings. The van der Waals surface area contributed by atoms with Crippen molar-refractivity contribution in [3.05, 3.63) is 0 Å². The van der Waals surface area contributed by atoms with E-state index in [2.05, 4.69) is 5.32 Å². The maximum atomic E-state index is 11.6. The van der Waals surface area contributed by atoms with Gasteiger partial charge < -0.3 is 10.2 Å². The predicted molar refractivity (Wildman–Crippen MR) is 57.6 cm³/mol. The maximum Gasteiger partial charge on any atom is 0.324 e. The minimum Gasteiger partial charge on any atom is -0.345 e. The number of nitrogens with one attached hydrogen (secondary N) is 1. The van der Waals surface area contributed by atoms with Crippen LogP contribution in [-0.2, 0) is 9.59 Å². The van der Waals surface area contributed by atoms with E-state index >= 15 is 0 Å². The van der Waals surface area contributed by atoms with Crippen LogP contribution in [0.4, 0.5) is 4.79 Å². The molecule has 0 radical (unpaired) electrons. The molecular weight excluding hydrogens is 224 g/mol. The van der Waals surface area contributed by atoms with Gasteiger partial charge in [-0.1, -0.05) is 0 Å². The Morgan fingerprint density at radius 1 is 1.59 bits per heavy atom. The first-order valence-corrected chi connectivity index (χ1v) is 5.25. The summed E-state index contributed by atoms with van der Waals surface area (Å²) in [4.78, 5) is 36.4. The number of hydrogen-bond acceptors (Lipinski definition) is 4. The average Bonchev–Trinajstić information content (AvgIpc) is 2.63. The highest BCUT2D eigenvalue weighted by molar-refractivity contribution is 6.02. The maximum absolute atomic E-state index is 11.6. The molecule has 92 valence electrons. The van der Waals surface area contributed by atoms with Crippen molar-refractivity contribution in [3.8, 4) is 6.07 Å². The Kier molecular flexibility index (Phi) is 4.46. The normalized spacial score (nSPS) is 14.5. The highest BCUT2D eigenvalue weighted by Gasteiger charge is 2.28. The molecule has 0 aromatic carbocycles. The van der Waals surface area contributed by atoms with Gasteiger partial charge in [-0.05, 0) is 0 Å². The summed E-state index contributed by atoms with van der Waals surface area (Å²) in [6.45, 7) is 0.438. The predicted octanol–water partition coefficient (Wildman–Crippen LogP) is -0.700. The van der Waals surface area contributed by atoms with E-state index in [0.29, 0.717) is 6.54 Å². The zero-order chi connectivity index (χ0) is 12.8. The van der Waals surface area contributed by atoms with Gasteiger partial charge in [0, 0.05) is 26.6 Å². The van der Waals surface area contributed by atoms with E-state index in [0.717, 1.165) is 4.90 Å². The minimum absolute atomic E-state index is 0.00268. The molecule has 7 heteroatoms. The van der Waals surface area contributed by atoms with Crippen molar-refractivity contribution in [1.82, 2.24) is 15.1 Å². The monoisotopic (exact) mass is 238 g/mol. The third-order valence-electron chi connectivity index (χ3n) is 2.47. The Labute approximate surface area is 99.0 Å². The summed E-state index contributed by atoms with van der Waals surface area (Å²) < 4.78 is 0. The lowest BCUT2D eigenvalue weighted by atomic mass is 10.3. The number of carbonyl (C=O) groups excluding carboxylic acids is 3. The number of carbonyl (C=O) groups is 3. The Morgan fingerprint density at radius 2 is 2.29 bits per heavy atom. The highest BCUT2D eigenvalue weighted by Crippen LogP contribution is 2.02. The lowest BCUT2D eigenvalue weighted by Gasteiger charge is -2.17. The fraction of sp³-hybridized carbons (Fsp3) is 0.600. The zero-order valence-electron chi connectivity index (χ0n) is 9.60. The van der Waals surface area contributed by atoms with Gasteiger partial charge in [-0.15, -0.1) is 0 Å². The topological polar surface area (TPSA) is 93.5 Å². The minimum atomic E-state index is -0.456. The summed E-state index contributed by atoms with van der Waals surface area (Å²) in [6, 6.07) is 1.49. The summed E-state index contributed by atoms with van der Waals surface area (Å²) in [5.74, 6) is -0.504. The Hall–Kier alpha value is -2.10. The van der Waals surface area contributed by atoms with Gasteiger partial charge in [-0.25, -0.2) is 4.79 Å². The first-order valence-electron chi connectivity index (χ1n) is 5.25. The Balaban J connectivity index is 2.35.